The van der Waals surface area contributed by atoms with Gasteiger partial charge in [-0.15, -0.1) is 23.2 Å². The zero-order valence-corrected chi connectivity index (χ0v) is 20.3. The molecule has 3 aromatic rings. The number of benzene rings is 3. The summed E-state index contributed by atoms with van der Waals surface area (Å²) in [5.41, 5.74) is -0.481. The summed E-state index contributed by atoms with van der Waals surface area (Å²) in [5, 5.41) is 4.81. The Morgan fingerprint density at radius 1 is 0.917 bits per heavy atom. The predicted octanol–water partition coefficient (Wildman–Crippen LogP) is 7.32. The summed E-state index contributed by atoms with van der Waals surface area (Å²) in [5.74, 6) is -7.00. The first-order valence-corrected chi connectivity index (χ1v) is 11.4. The second-order valence-electron chi connectivity index (χ2n) is 7.99. The first-order valence-electron chi connectivity index (χ1n) is 10.3. The van der Waals surface area contributed by atoms with E-state index in [0.29, 0.717) is 6.07 Å². The number of hydrogen-bond acceptors (Lipinski definition) is 2. The van der Waals surface area contributed by atoms with Crippen LogP contribution in [0.3, 0.4) is 0 Å². The Bertz CT molecular complexity index is 1390. The number of amides is 2. The van der Waals surface area contributed by atoms with Crippen LogP contribution in [0.15, 0.2) is 55.1 Å². The van der Waals surface area contributed by atoms with Crippen molar-refractivity contribution in [3.63, 3.8) is 0 Å². The molecule has 4 rings (SSSR count). The SMILES string of the molecule is C=Cc1c(F)cc([C@H]2[C@H](C(=O)Nc3ccc(Cl)c(C(=O)Nc4ccc(F)cc4F)c3)C2(Cl)Cl)cc1F. The number of nitrogens with one attached hydrogen (secondary N) is 2. The molecule has 4 nitrogen and oxygen atoms in total. The van der Waals surface area contributed by atoms with E-state index in [9.17, 15) is 27.2 Å². The molecule has 1 aliphatic rings. The maximum absolute atomic E-state index is 14.2. The Balaban J connectivity index is 1.53. The monoisotopic (exact) mass is 556 g/mol. The normalized spacial score (nSPS) is 17.9. The van der Waals surface area contributed by atoms with Gasteiger partial charge in [0.1, 0.15) is 27.6 Å². The van der Waals surface area contributed by atoms with Crippen LogP contribution in [0.2, 0.25) is 5.02 Å². The van der Waals surface area contributed by atoms with Gasteiger partial charge in [0.25, 0.3) is 5.91 Å². The van der Waals surface area contributed by atoms with Gasteiger partial charge >= 0.3 is 0 Å². The number of halogens is 7. The van der Waals surface area contributed by atoms with E-state index in [4.69, 9.17) is 34.8 Å². The molecule has 0 aliphatic heterocycles. The highest BCUT2D eigenvalue weighted by atomic mass is 35.5. The van der Waals surface area contributed by atoms with Crippen molar-refractivity contribution in [2.75, 3.05) is 10.6 Å². The molecule has 0 spiro atoms. The molecular formula is C25H15Cl3F4N2O2. The van der Waals surface area contributed by atoms with Crippen molar-refractivity contribution < 1.29 is 27.2 Å². The van der Waals surface area contributed by atoms with Gasteiger partial charge in [-0.1, -0.05) is 24.3 Å². The molecule has 0 radical (unpaired) electrons. The third-order valence-electron chi connectivity index (χ3n) is 5.66. The predicted molar refractivity (Wildman–Crippen MR) is 132 cm³/mol. The lowest BCUT2D eigenvalue weighted by Crippen LogP contribution is -2.18. The number of carbonyl (C=O) groups excluding carboxylic acids is 2. The van der Waals surface area contributed by atoms with Crippen molar-refractivity contribution >= 4 is 64.1 Å². The summed E-state index contributed by atoms with van der Waals surface area (Å²) in [4.78, 5) is 25.5. The average molecular weight is 558 g/mol. The Hall–Kier alpha value is -3.07. The Kier molecular flexibility index (Phi) is 7.05. The van der Waals surface area contributed by atoms with E-state index in [-0.39, 0.29) is 33.1 Å². The van der Waals surface area contributed by atoms with E-state index < -0.39 is 51.3 Å². The lowest BCUT2D eigenvalue weighted by molar-refractivity contribution is -0.117. The Morgan fingerprint density at radius 3 is 2.19 bits per heavy atom. The Morgan fingerprint density at radius 2 is 1.58 bits per heavy atom. The summed E-state index contributed by atoms with van der Waals surface area (Å²) in [6.45, 7) is 3.35. The standard InChI is InChI=1S/C25H15Cl3F4N2O2/c1-2-14-17(30)7-11(8-18(14)31)21-22(25(21,27)28)24(36)33-13-4-5-16(26)15(10-13)23(35)34-20-6-3-12(29)9-19(20)32/h2-10,21-22H,1H2,(H,33,36)(H,34,35)/t21-,22+/m0/s1. The van der Waals surface area contributed by atoms with Gasteiger partial charge in [-0.05, 0) is 48.0 Å². The third-order valence-corrected chi connectivity index (χ3v) is 6.93. The first kappa shape index (κ1) is 26.0. The minimum absolute atomic E-state index is 0.00499. The molecule has 0 unspecified atom stereocenters. The van der Waals surface area contributed by atoms with Crippen molar-refractivity contribution in [2.45, 2.75) is 10.3 Å². The van der Waals surface area contributed by atoms with Crippen LogP contribution in [0.1, 0.15) is 27.4 Å². The van der Waals surface area contributed by atoms with E-state index in [1.807, 2.05) is 0 Å². The molecular weight excluding hydrogens is 543 g/mol. The maximum atomic E-state index is 14.2. The highest BCUT2D eigenvalue weighted by Gasteiger charge is 2.67. The fraction of sp³-hybridized carbons (Fsp3) is 0.120. The molecule has 0 bridgehead atoms. The lowest BCUT2D eigenvalue weighted by Gasteiger charge is -2.11. The van der Waals surface area contributed by atoms with Crippen molar-refractivity contribution in [2.24, 2.45) is 5.92 Å². The topological polar surface area (TPSA) is 58.2 Å². The summed E-state index contributed by atoms with van der Waals surface area (Å²) in [6, 6.07) is 8.65. The van der Waals surface area contributed by atoms with Crippen LogP contribution in [-0.2, 0) is 4.79 Å². The van der Waals surface area contributed by atoms with Gasteiger partial charge in [0.05, 0.1) is 22.2 Å². The highest BCUT2D eigenvalue weighted by molar-refractivity contribution is 6.53. The number of carbonyl (C=O) groups is 2. The fourth-order valence-corrected chi connectivity index (χ4v) is 4.86. The quantitative estimate of drug-likeness (QED) is 0.247. The van der Waals surface area contributed by atoms with E-state index in [0.717, 1.165) is 30.3 Å². The first-order chi connectivity index (χ1) is 16.9. The zero-order valence-electron chi connectivity index (χ0n) is 18.0. The summed E-state index contributed by atoms with van der Waals surface area (Å²) in [6.07, 6.45) is 1.03. The molecule has 0 heterocycles. The summed E-state index contributed by atoms with van der Waals surface area (Å²) < 4.78 is 53.8. The van der Waals surface area contributed by atoms with Gasteiger partial charge in [0.15, 0.2) is 0 Å². The molecule has 2 atom stereocenters. The lowest BCUT2D eigenvalue weighted by atomic mass is 10.0. The Labute approximate surface area is 217 Å². The second kappa shape index (κ2) is 9.76. The van der Waals surface area contributed by atoms with Gasteiger partial charge in [-0.2, -0.15) is 0 Å². The number of hydrogen-bond donors (Lipinski definition) is 2. The van der Waals surface area contributed by atoms with Crippen LogP contribution in [0, 0.1) is 29.2 Å². The molecule has 0 saturated heterocycles. The molecule has 0 aromatic heterocycles. The van der Waals surface area contributed by atoms with Crippen LogP contribution in [0.5, 0.6) is 0 Å². The van der Waals surface area contributed by atoms with Crippen LogP contribution in [0.25, 0.3) is 6.08 Å². The summed E-state index contributed by atoms with van der Waals surface area (Å²) in [7, 11) is 0. The smallest absolute Gasteiger partial charge is 0.257 e. The minimum atomic E-state index is -1.63. The molecule has 3 aromatic carbocycles. The fourth-order valence-electron chi connectivity index (χ4n) is 3.82. The number of anilines is 2. The molecule has 1 aliphatic carbocycles. The second-order valence-corrected chi connectivity index (χ2v) is 9.85. The zero-order chi connectivity index (χ0) is 26.4. The third kappa shape index (κ3) is 4.93. The summed E-state index contributed by atoms with van der Waals surface area (Å²) >= 11 is 18.6. The van der Waals surface area contributed by atoms with Crippen LogP contribution < -0.4 is 10.6 Å². The van der Waals surface area contributed by atoms with Crippen LogP contribution in [-0.4, -0.2) is 16.1 Å². The van der Waals surface area contributed by atoms with Crippen molar-refractivity contribution in [3.05, 3.63) is 100 Å². The largest absolute Gasteiger partial charge is 0.326 e. The van der Waals surface area contributed by atoms with Gasteiger partial charge in [0.2, 0.25) is 5.91 Å². The number of rotatable bonds is 6. The molecule has 1 saturated carbocycles. The van der Waals surface area contributed by atoms with Crippen LogP contribution >= 0.6 is 34.8 Å². The van der Waals surface area contributed by atoms with E-state index in [1.165, 1.54) is 18.2 Å². The molecule has 11 heteroatoms. The van der Waals surface area contributed by atoms with Crippen molar-refractivity contribution in [3.8, 4) is 0 Å². The molecule has 36 heavy (non-hydrogen) atoms. The minimum Gasteiger partial charge on any atom is -0.326 e. The maximum Gasteiger partial charge on any atom is 0.257 e. The molecule has 1 fully saturated rings. The van der Waals surface area contributed by atoms with E-state index >= 15 is 0 Å². The average Bonchev–Trinajstić information content (AvgIpc) is 3.38. The molecule has 2 amide bonds. The van der Waals surface area contributed by atoms with Gasteiger partial charge in [-0.3, -0.25) is 9.59 Å². The van der Waals surface area contributed by atoms with Crippen molar-refractivity contribution in [1.82, 2.24) is 0 Å². The van der Waals surface area contributed by atoms with Gasteiger partial charge in [-0.25, -0.2) is 17.6 Å². The van der Waals surface area contributed by atoms with Crippen LogP contribution in [0.4, 0.5) is 28.9 Å². The molecule has 2 N–H and O–H groups in total. The van der Waals surface area contributed by atoms with Crippen molar-refractivity contribution in [1.29, 1.82) is 0 Å². The molecule has 186 valence electrons. The van der Waals surface area contributed by atoms with E-state index in [1.54, 1.807) is 0 Å². The highest BCUT2D eigenvalue weighted by Crippen LogP contribution is 2.65. The van der Waals surface area contributed by atoms with Gasteiger partial charge in [0, 0.05) is 23.2 Å². The number of alkyl halides is 2. The van der Waals surface area contributed by atoms with E-state index in [2.05, 4.69) is 17.2 Å². The van der Waals surface area contributed by atoms with Gasteiger partial charge < -0.3 is 10.6 Å².